The highest BCUT2D eigenvalue weighted by molar-refractivity contribution is 5.94. The molecule has 0 aliphatic carbocycles. The number of carbonyl (C=O) groups is 1. The molecule has 5 heteroatoms. The summed E-state index contributed by atoms with van der Waals surface area (Å²) in [5.41, 5.74) is 5.60. The van der Waals surface area contributed by atoms with Gasteiger partial charge < -0.3 is 19.7 Å². The number of hydrogen-bond acceptors (Lipinski definition) is 4. The Bertz CT molecular complexity index is 1060. The Morgan fingerprint density at radius 2 is 1.73 bits per heavy atom. The van der Waals surface area contributed by atoms with E-state index in [9.17, 15) is 4.79 Å². The van der Waals surface area contributed by atoms with Gasteiger partial charge in [-0.1, -0.05) is 36.4 Å². The zero-order valence-corrected chi connectivity index (χ0v) is 16.8. The van der Waals surface area contributed by atoms with Crippen molar-refractivity contribution in [2.24, 2.45) is 0 Å². The Labute approximate surface area is 176 Å². The van der Waals surface area contributed by atoms with E-state index in [1.807, 2.05) is 42.5 Å². The summed E-state index contributed by atoms with van der Waals surface area (Å²) in [5.74, 6) is 1.39. The number of hydrogen-bond donors (Lipinski definition) is 1. The number of nitrogens with zero attached hydrogens (tertiary/aromatic N) is 1. The summed E-state index contributed by atoms with van der Waals surface area (Å²) in [6.07, 6.45) is 2.33. The second kappa shape index (κ2) is 8.11. The molecule has 2 aliphatic rings. The largest absolute Gasteiger partial charge is 0.454 e. The molecule has 0 radical (unpaired) electrons. The SMILES string of the molecule is O=C(NCc1ccc2c(c1)OCO2)c1ccc(CN2CCCc3ccccc32)cc1. The second-order valence-electron chi connectivity index (χ2n) is 7.72. The maximum absolute atomic E-state index is 12.5. The average Bonchev–Trinajstić information content (AvgIpc) is 3.26. The predicted molar refractivity (Wildman–Crippen MR) is 116 cm³/mol. The van der Waals surface area contributed by atoms with Gasteiger partial charge in [-0.15, -0.1) is 0 Å². The standard InChI is InChI=1S/C25H24N2O3/c28-25(26-15-19-9-12-23-24(14-19)30-17-29-23)21-10-7-18(8-11-21)16-27-13-3-5-20-4-1-2-6-22(20)27/h1-2,4,6-12,14H,3,5,13,15-17H2,(H,26,28). The predicted octanol–water partition coefficient (Wildman–Crippen LogP) is 4.30. The third-order valence-electron chi connectivity index (χ3n) is 5.69. The van der Waals surface area contributed by atoms with E-state index in [2.05, 4.69) is 34.5 Å². The maximum atomic E-state index is 12.5. The van der Waals surface area contributed by atoms with Gasteiger partial charge in [0.15, 0.2) is 11.5 Å². The van der Waals surface area contributed by atoms with Gasteiger partial charge in [-0.25, -0.2) is 0 Å². The number of rotatable bonds is 5. The molecular formula is C25H24N2O3. The first-order chi connectivity index (χ1) is 14.8. The minimum Gasteiger partial charge on any atom is -0.454 e. The van der Waals surface area contributed by atoms with E-state index in [1.54, 1.807) is 0 Å². The van der Waals surface area contributed by atoms with E-state index in [1.165, 1.54) is 23.2 Å². The average molecular weight is 400 g/mol. The number of aryl methyl sites for hydroxylation is 1. The number of ether oxygens (including phenoxy) is 2. The number of amides is 1. The molecule has 3 aromatic rings. The van der Waals surface area contributed by atoms with Gasteiger partial charge in [0, 0.05) is 30.9 Å². The normalized spacial score (nSPS) is 14.3. The molecule has 1 N–H and O–H groups in total. The van der Waals surface area contributed by atoms with Gasteiger partial charge >= 0.3 is 0 Å². The van der Waals surface area contributed by atoms with Crippen molar-refractivity contribution in [2.75, 3.05) is 18.2 Å². The molecular weight excluding hydrogens is 376 g/mol. The zero-order chi connectivity index (χ0) is 20.3. The zero-order valence-electron chi connectivity index (χ0n) is 16.8. The fourth-order valence-electron chi connectivity index (χ4n) is 4.09. The molecule has 0 unspecified atom stereocenters. The van der Waals surface area contributed by atoms with Gasteiger partial charge in [0.2, 0.25) is 6.79 Å². The van der Waals surface area contributed by atoms with Crippen LogP contribution in [0.5, 0.6) is 11.5 Å². The molecule has 0 saturated carbocycles. The number of carbonyl (C=O) groups excluding carboxylic acids is 1. The third-order valence-corrected chi connectivity index (χ3v) is 5.69. The summed E-state index contributed by atoms with van der Waals surface area (Å²) >= 11 is 0. The molecule has 30 heavy (non-hydrogen) atoms. The lowest BCUT2D eigenvalue weighted by molar-refractivity contribution is 0.0951. The van der Waals surface area contributed by atoms with Gasteiger partial charge in [0.1, 0.15) is 0 Å². The lowest BCUT2D eigenvalue weighted by Crippen LogP contribution is -2.28. The van der Waals surface area contributed by atoms with Crippen molar-refractivity contribution >= 4 is 11.6 Å². The van der Waals surface area contributed by atoms with Crippen LogP contribution in [0.2, 0.25) is 0 Å². The molecule has 0 atom stereocenters. The molecule has 2 aliphatic heterocycles. The Hall–Kier alpha value is -3.47. The minimum absolute atomic E-state index is 0.0810. The topological polar surface area (TPSA) is 50.8 Å². The van der Waals surface area contributed by atoms with Crippen molar-refractivity contribution in [3.8, 4) is 11.5 Å². The molecule has 0 aromatic heterocycles. The van der Waals surface area contributed by atoms with Crippen LogP contribution in [0.15, 0.2) is 66.7 Å². The lowest BCUT2D eigenvalue weighted by Gasteiger charge is -2.31. The van der Waals surface area contributed by atoms with Crippen LogP contribution in [0.1, 0.15) is 33.5 Å². The fourth-order valence-corrected chi connectivity index (χ4v) is 4.09. The van der Waals surface area contributed by atoms with Crippen molar-refractivity contribution in [1.82, 2.24) is 5.32 Å². The van der Waals surface area contributed by atoms with Crippen LogP contribution in [0, 0.1) is 0 Å². The number of para-hydroxylation sites is 1. The molecule has 0 spiro atoms. The first-order valence-electron chi connectivity index (χ1n) is 10.3. The second-order valence-corrected chi connectivity index (χ2v) is 7.72. The highest BCUT2D eigenvalue weighted by atomic mass is 16.7. The summed E-state index contributed by atoms with van der Waals surface area (Å²) in [7, 11) is 0. The Morgan fingerprint density at radius 3 is 2.63 bits per heavy atom. The number of fused-ring (bicyclic) bond motifs is 2. The molecule has 0 fully saturated rings. The number of benzene rings is 3. The van der Waals surface area contributed by atoms with E-state index in [-0.39, 0.29) is 12.7 Å². The van der Waals surface area contributed by atoms with E-state index < -0.39 is 0 Å². The van der Waals surface area contributed by atoms with Gasteiger partial charge in [-0.05, 0) is 59.9 Å². The van der Waals surface area contributed by atoms with Gasteiger partial charge in [0.25, 0.3) is 5.91 Å². The van der Waals surface area contributed by atoms with Crippen molar-refractivity contribution < 1.29 is 14.3 Å². The third kappa shape index (κ3) is 3.83. The molecule has 2 heterocycles. The molecule has 0 bridgehead atoms. The minimum atomic E-state index is -0.0810. The summed E-state index contributed by atoms with van der Waals surface area (Å²) in [6.45, 7) is 2.62. The quantitative estimate of drug-likeness (QED) is 0.694. The van der Waals surface area contributed by atoms with Crippen LogP contribution < -0.4 is 19.7 Å². The highest BCUT2D eigenvalue weighted by Gasteiger charge is 2.17. The molecule has 3 aromatic carbocycles. The smallest absolute Gasteiger partial charge is 0.251 e. The summed E-state index contributed by atoms with van der Waals surface area (Å²) in [4.78, 5) is 15.0. The van der Waals surface area contributed by atoms with Crippen LogP contribution in [-0.4, -0.2) is 19.2 Å². The molecule has 5 nitrogen and oxygen atoms in total. The van der Waals surface area contributed by atoms with Crippen molar-refractivity contribution in [3.05, 3.63) is 89.0 Å². The molecule has 0 saturated heterocycles. The molecule has 5 rings (SSSR count). The molecule has 1 amide bonds. The van der Waals surface area contributed by atoms with Crippen molar-refractivity contribution in [1.29, 1.82) is 0 Å². The number of nitrogens with one attached hydrogen (secondary N) is 1. The van der Waals surface area contributed by atoms with Crippen molar-refractivity contribution in [3.63, 3.8) is 0 Å². The van der Waals surface area contributed by atoms with E-state index in [4.69, 9.17) is 9.47 Å². The number of anilines is 1. The summed E-state index contributed by atoms with van der Waals surface area (Å²) in [5, 5.41) is 2.97. The van der Waals surface area contributed by atoms with Crippen LogP contribution in [-0.2, 0) is 19.5 Å². The van der Waals surface area contributed by atoms with E-state index >= 15 is 0 Å². The Balaban J connectivity index is 1.20. The van der Waals surface area contributed by atoms with E-state index in [0.29, 0.717) is 12.1 Å². The monoisotopic (exact) mass is 400 g/mol. The maximum Gasteiger partial charge on any atom is 0.251 e. The van der Waals surface area contributed by atoms with Crippen LogP contribution >= 0.6 is 0 Å². The Kier molecular flexibility index (Phi) is 5.01. The van der Waals surface area contributed by atoms with Crippen LogP contribution in [0.4, 0.5) is 5.69 Å². The first kappa shape index (κ1) is 18.6. The van der Waals surface area contributed by atoms with E-state index in [0.717, 1.165) is 36.6 Å². The highest BCUT2D eigenvalue weighted by Crippen LogP contribution is 2.32. The fraction of sp³-hybridized carbons (Fsp3) is 0.240. The lowest BCUT2D eigenvalue weighted by atomic mass is 10.0. The van der Waals surface area contributed by atoms with Gasteiger partial charge in [-0.3, -0.25) is 4.79 Å². The van der Waals surface area contributed by atoms with Crippen LogP contribution in [0.25, 0.3) is 0 Å². The van der Waals surface area contributed by atoms with Gasteiger partial charge in [-0.2, -0.15) is 0 Å². The first-order valence-corrected chi connectivity index (χ1v) is 10.3. The summed E-state index contributed by atoms with van der Waals surface area (Å²) in [6, 6.07) is 22.2. The molecule has 152 valence electrons. The summed E-state index contributed by atoms with van der Waals surface area (Å²) < 4.78 is 10.7. The van der Waals surface area contributed by atoms with Crippen molar-refractivity contribution in [2.45, 2.75) is 25.9 Å². The van der Waals surface area contributed by atoms with Crippen LogP contribution in [0.3, 0.4) is 0 Å². The Morgan fingerprint density at radius 1 is 0.933 bits per heavy atom. The van der Waals surface area contributed by atoms with Gasteiger partial charge in [0.05, 0.1) is 0 Å².